The van der Waals surface area contributed by atoms with E-state index in [2.05, 4.69) is 22.0 Å². The van der Waals surface area contributed by atoms with Gasteiger partial charge in [-0.15, -0.1) is 12.4 Å². The standard InChI is InChI=1S/C22H31N5O3.ClH/c1-5-10-23-21-17(22(29)25(2)3)7-9-20(24-21)27-13-11-26(12-14-27)18-8-6-16(28)15-19(18)30-4;/h6-9,15,28H,5,10-14H2,1-4H3,(H,23,24);1H. The molecule has 1 aromatic carbocycles. The van der Waals surface area contributed by atoms with Gasteiger partial charge in [-0.05, 0) is 30.7 Å². The second-order valence-corrected chi connectivity index (χ2v) is 7.52. The van der Waals surface area contributed by atoms with Crippen LogP contribution in [0.15, 0.2) is 30.3 Å². The molecule has 2 heterocycles. The molecule has 3 rings (SSSR count). The van der Waals surface area contributed by atoms with E-state index in [9.17, 15) is 9.90 Å². The average molecular weight is 450 g/mol. The van der Waals surface area contributed by atoms with Crippen molar-refractivity contribution in [2.24, 2.45) is 0 Å². The summed E-state index contributed by atoms with van der Waals surface area (Å²) in [6, 6.07) is 8.98. The van der Waals surface area contributed by atoms with Gasteiger partial charge in [0.1, 0.15) is 23.1 Å². The van der Waals surface area contributed by atoms with Gasteiger partial charge in [-0.2, -0.15) is 0 Å². The van der Waals surface area contributed by atoms with Gasteiger partial charge in [-0.25, -0.2) is 4.98 Å². The van der Waals surface area contributed by atoms with Crippen molar-refractivity contribution in [3.8, 4) is 11.5 Å². The van der Waals surface area contributed by atoms with Gasteiger partial charge < -0.3 is 29.9 Å². The number of hydrogen-bond donors (Lipinski definition) is 2. The van der Waals surface area contributed by atoms with Crippen LogP contribution in [0.5, 0.6) is 11.5 Å². The summed E-state index contributed by atoms with van der Waals surface area (Å²) < 4.78 is 5.43. The van der Waals surface area contributed by atoms with E-state index >= 15 is 0 Å². The zero-order valence-electron chi connectivity index (χ0n) is 18.6. The maximum absolute atomic E-state index is 12.5. The number of carbonyl (C=O) groups is 1. The molecule has 2 aromatic rings. The molecule has 2 N–H and O–H groups in total. The van der Waals surface area contributed by atoms with Crippen molar-refractivity contribution >= 4 is 35.6 Å². The van der Waals surface area contributed by atoms with Crippen LogP contribution in [0, 0.1) is 0 Å². The molecular weight excluding hydrogens is 418 g/mol. The van der Waals surface area contributed by atoms with E-state index in [0.29, 0.717) is 17.1 Å². The monoisotopic (exact) mass is 449 g/mol. The van der Waals surface area contributed by atoms with E-state index < -0.39 is 0 Å². The summed E-state index contributed by atoms with van der Waals surface area (Å²) in [6.07, 6.45) is 0.953. The lowest BCUT2D eigenvalue weighted by molar-refractivity contribution is 0.0828. The number of benzene rings is 1. The van der Waals surface area contributed by atoms with E-state index in [1.165, 1.54) is 0 Å². The van der Waals surface area contributed by atoms with Crippen molar-refractivity contribution in [1.29, 1.82) is 0 Å². The van der Waals surface area contributed by atoms with Gasteiger partial charge in [0.15, 0.2) is 0 Å². The number of piperazine rings is 1. The Hall–Kier alpha value is -2.87. The van der Waals surface area contributed by atoms with Gasteiger partial charge in [0.2, 0.25) is 0 Å². The number of methoxy groups -OCH3 is 1. The van der Waals surface area contributed by atoms with Crippen LogP contribution in [-0.2, 0) is 0 Å². The summed E-state index contributed by atoms with van der Waals surface area (Å²) in [5, 5.41) is 13.0. The van der Waals surface area contributed by atoms with Crippen LogP contribution in [0.2, 0.25) is 0 Å². The van der Waals surface area contributed by atoms with Gasteiger partial charge in [0, 0.05) is 52.9 Å². The fourth-order valence-corrected chi connectivity index (χ4v) is 3.52. The van der Waals surface area contributed by atoms with E-state index in [-0.39, 0.29) is 24.1 Å². The molecule has 0 radical (unpaired) electrons. The van der Waals surface area contributed by atoms with Gasteiger partial charge >= 0.3 is 0 Å². The predicted octanol–water partition coefficient (Wildman–Crippen LogP) is 3.07. The summed E-state index contributed by atoms with van der Waals surface area (Å²) >= 11 is 0. The first-order valence-corrected chi connectivity index (χ1v) is 10.3. The highest BCUT2D eigenvalue weighted by atomic mass is 35.5. The minimum atomic E-state index is -0.0584. The predicted molar refractivity (Wildman–Crippen MR) is 127 cm³/mol. The number of phenols is 1. The van der Waals surface area contributed by atoms with Crippen LogP contribution >= 0.6 is 12.4 Å². The number of ether oxygens (including phenoxy) is 1. The normalized spacial score (nSPS) is 13.4. The Kier molecular flexibility index (Phi) is 8.62. The molecule has 1 saturated heterocycles. The third kappa shape index (κ3) is 5.64. The number of halogens is 1. The second kappa shape index (κ2) is 10.9. The Labute approximate surface area is 190 Å². The first-order chi connectivity index (χ1) is 14.4. The highest BCUT2D eigenvalue weighted by Crippen LogP contribution is 2.33. The van der Waals surface area contributed by atoms with E-state index in [1.807, 2.05) is 18.2 Å². The first kappa shape index (κ1) is 24.4. The summed E-state index contributed by atoms with van der Waals surface area (Å²) in [6.45, 7) is 6.05. The number of hydrogen-bond acceptors (Lipinski definition) is 7. The number of phenolic OH excluding ortho intramolecular Hbond substituents is 1. The quantitative estimate of drug-likeness (QED) is 0.672. The number of rotatable bonds is 7. The van der Waals surface area contributed by atoms with Gasteiger partial charge in [0.25, 0.3) is 5.91 Å². The number of nitrogens with zero attached hydrogens (tertiary/aromatic N) is 4. The number of nitrogens with one attached hydrogen (secondary N) is 1. The molecule has 1 aromatic heterocycles. The summed E-state index contributed by atoms with van der Waals surface area (Å²) in [5.41, 5.74) is 1.56. The first-order valence-electron chi connectivity index (χ1n) is 10.3. The van der Waals surface area contributed by atoms with Crippen molar-refractivity contribution in [3.63, 3.8) is 0 Å². The third-order valence-electron chi connectivity index (χ3n) is 5.17. The Morgan fingerprint density at radius 1 is 1.16 bits per heavy atom. The zero-order chi connectivity index (χ0) is 21.7. The van der Waals surface area contributed by atoms with Crippen LogP contribution in [0.25, 0.3) is 0 Å². The van der Waals surface area contributed by atoms with Gasteiger partial charge in [-0.1, -0.05) is 6.92 Å². The smallest absolute Gasteiger partial charge is 0.257 e. The maximum atomic E-state index is 12.5. The van der Waals surface area contributed by atoms with Crippen molar-refractivity contribution in [2.45, 2.75) is 13.3 Å². The van der Waals surface area contributed by atoms with Gasteiger partial charge in [-0.3, -0.25) is 4.79 Å². The maximum Gasteiger partial charge on any atom is 0.257 e. The highest BCUT2D eigenvalue weighted by Gasteiger charge is 2.23. The lowest BCUT2D eigenvalue weighted by Crippen LogP contribution is -2.47. The Bertz CT molecular complexity index is 885. The van der Waals surface area contributed by atoms with E-state index in [4.69, 9.17) is 9.72 Å². The van der Waals surface area contributed by atoms with Crippen LogP contribution < -0.4 is 19.9 Å². The van der Waals surface area contributed by atoms with Crippen LogP contribution in [-0.4, -0.2) is 74.8 Å². The molecule has 1 aliphatic heterocycles. The van der Waals surface area contributed by atoms with Crippen LogP contribution in [0.3, 0.4) is 0 Å². The number of amides is 1. The Morgan fingerprint density at radius 2 is 1.84 bits per heavy atom. The molecule has 1 fully saturated rings. The van der Waals surface area contributed by atoms with Gasteiger partial charge in [0.05, 0.1) is 18.4 Å². The highest BCUT2D eigenvalue weighted by molar-refractivity contribution is 5.98. The number of aromatic nitrogens is 1. The molecule has 0 saturated carbocycles. The number of anilines is 3. The molecule has 0 unspecified atom stereocenters. The second-order valence-electron chi connectivity index (χ2n) is 7.52. The summed E-state index contributed by atoms with van der Waals surface area (Å²) in [7, 11) is 5.10. The Morgan fingerprint density at radius 3 is 2.45 bits per heavy atom. The van der Waals surface area contributed by atoms with E-state index in [0.717, 1.165) is 50.6 Å². The molecular formula is C22H32ClN5O3. The fraction of sp³-hybridized carbons (Fsp3) is 0.455. The number of carbonyl (C=O) groups excluding carboxylic acids is 1. The van der Waals surface area contributed by atoms with Crippen molar-refractivity contribution in [3.05, 3.63) is 35.9 Å². The van der Waals surface area contributed by atoms with Crippen LogP contribution in [0.4, 0.5) is 17.3 Å². The molecule has 170 valence electrons. The molecule has 0 bridgehead atoms. The van der Waals surface area contributed by atoms with Crippen LogP contribution in [0.1, 0.15) is 23.7 Å². The molecule has 9 heteroatoms. The lowest BCUT2D eigenvalue weighted by Gasteiger charge is -2.37. The number of pyridine rings is 1. The molecule has 0 spiro atoms. The van der Waals surface area contributed by atoms with Crippen molar-refractivity contribution < 1.29 is 14.6 Å². The largest absolute Gasteiger partial charge is 0.508 e. The Balaban J connectivity index is 0.00000341. The lowest BCUT2D eigenvalue weighted by atomic mass is 10.2. The fourth-order valence-electron chi connectivity index (χ4n) is 3.52. The average Bonchev–Trinajstić information content (AvgIpc) is 2.77. The third-order valence-corrected chi connectivity index (χ3v) is 5.17. The topological polar surface area (TPSA) is 81.2 Å². The molecule has 0 atom stereocenters. The van der Waals surface area contributed by atoms with E-state index in [1.54, 1.807) is 38.2 Å². The molecule has 31 heavy (non-hydrogen) atoms. The summed E-state index contributed by atoms with van der Waals surface area (Å²) in [4.78, 5) is 23.3. The molecule has 1 amide bonds. The molecule has 1 aliphatic rings. The number of aromatic hydroxyl groups is 1. The minimum Gasteiger partial charge on any atom is -0.508 e. The SMILES string of the molecule is CCCNc1nc(N2CCN(c3ccc(O)cc3OC)CC2)ccc1C(=O)N(C)C.Cl. The summed E-state index contributed by atoms with van der Waals surface area (Å²) in [5.74, 6) is 2.30. The van der Waals surface area contributed by atoms with Crippen molar-refractivity contribution in [2.75, 3.05) is 69.0 Å². The minimum absolute atomic E-state index is 0. The zero-order valence-corrected chi connectivity index (χ0v) is 19.4. The molecule has 0 aliphatic carbocycles. The molecule has 8 nitrogen and oxygen atoms in total. The van der Waals surface area contributed by atoms with Crippen molar-refractivity contribution in [1.82, 2.24) is 9.88 Å².